The maximum Gasteiger partial charge on any atom is 0.340 e. The van der Waals surface area contributed by atoms with Crippen molar-refractivity contribution in [3.05, 3.63) is 96.6 Å². The molecule has 0 aliphatic heterocycles. The first-order chi connectivity index (χ1) is 20.0. The summed E-state index contributed by atoms with van der Waals surface area (Å²) in [5, 5.41) is 0.636. The lowest BCUT2D eigenvalue weighted by Crippen LogP contribution is -2.22. The van der Waals surface area contributed by atoms with E-state index in [1.165, 1.54) is 23.2 Å². The number of aromatic nitrogens is 3. The highest BCUT2D eigenvalue weighted by atomic mass is 32.3. The molecule has 5 aromatic rings. The second kappa shape index (κ2) is 11.9. The van der Waals surface area contributed by atoms with Gasteiger partial charge in [0.2, 0.25) is 0 Å². The van der Waals surface area contributed by atoms with Crippen molar-refractivity contribution in [3.8, 4) is 22.5 Å². The number of ether oxygens (including phenoxy) is 2. The number of halogens is 1. The lowest BCUT2D eigenvalue weighted by atomic mass is 10.1. The van der Waals surface area contributed by atoms with E-state index in [1.54, 1.807) is 73.1 Å². The number of fused-ring (bicyclic) bond motifs is 1. The highest BCUT2D eigenvalue weighted by Gasteiger charge is 2.27. The molecule has 0 saturated heterocycles. The first-order valence-electron chi connectivity index (χ1n) is 13.5. The maximum absolute atomic E-state index is 14.4. The van der Waals surface area contributed by atoms with Gasteiger partial charge in [0, 0.05) is 43.6 Å². The minimum atomic E-state index is -3.42. The normalized spacial score (nSPS) is 12.5. The Morgan fingerprint density at radius 1 is 1.02 bits per heavy atom. The Morgan fingerprint density at radius 2 is 1.79 bits per heavy atom. The fourth-order valence-corrected chi connectivity index (χ4v) is 6.94. The second-order valence-electron chi connectivity index (χ2n) is 11.1. The molecule has 3 heterocycles. The first kappa shape index (κ1) is 29.7. The van der Waals surface area contributed by atoms with E-state index in [0.29, 0.717) is 45.1 Å². The number of esters is 1. The Bertz CT molecular complexity index is 1730. The van der Waals surface area contributed by atoms with Crippen molar-refractivity contribution in [2.24, 2.45) is 0 Å². The number of carbonyl (C=O) groups is 1. The summed E-state index contributed by atoms with van der Waals surface area (Å²) in [5.74, 6) is -1.01. The Hall–Kier alpha value is -3.74. The average Bonchev–Trinajstić information content (AvgIpc) is 3.57. The Kier molecular flexibility index (Phi) is 8.40. The molecule has 8 nitrogen and oxygen atoms in total. The molecule has 11 heteroatoms. The highest BCUT2D eigenvalue weighted by Crippen LogP contribution is 2.51. The van der Waals surface area contributed by atoms with Crippen LogP contribution in [0.2, 0.25) is 25.7 Å². The number of benzene rings is 2. The highest BCUT2D eigenvalue weighted by molar-refractivity contribution is 8.23. The van der Waals surface area contributed by atoms with Crippen LogP contribution in [0.25, 0.3) is 33.5 Å². The molecule has 0 radical (unpaired) electrons. The zero-order chi connectivity index (χ0) is 30.1. The van der Waals surface area contributed by atoms with Crippen LogP contribution in [-0.2, 0) is 16.2 Å². The van der Waals surface area contributed by atoms with Gasteiger partial charge in [-0.3, -0.25) is 9.11 Å². The number of nitrogens with zero attached hydrogens (tertiary/aromatic N) is 3. The van der Waals surface area contributed by atoms with Gasteiger partial charge in [-0.25, -0.2) is 18.1 Å². The summed E-state index contributed by atoms with van der Waals surface area (Å²) in [6, 6.07) is 20.9. The zero-order valence-electron chi connectivity index (χ0n) is 24.0. The SMILES string of the molecule is COC(=O)c1cc(-c2ccnc3c2ccn3S(O)(O)c2ccccc2)n(COCC[Si](C)(C)C)c1-c1cccc(F)c1. The lowest BCUT2D eigenvalue weighted by Gasteiger charge is -2.33. The third kappa shape index (κ3) is 5.92. The van der Waals surface area contributed by atoms with E-state index in [4.69, 9.17) is 9.47 Å². The predicted octanol–water partition coefficient (Wildman–Crippen LogP) is 7.98. The Balaban J connectivity index is 1.70. The van der Waals surface area contributed by atoms with Crippen molar-refractivity contribution in [3.63, 3.8) is 0 Å². The molecule has 0 unspecified atom stereocenters. The van der Waals surface area contributed by atoms with Crippen LogP contribution in [0, 0.1) is 5.82 Å². The fourth-order valence-electron chi connectivity index (χ4n) is 4.81. The van der Waals surface area contributed by atoms with Crippen LogP contribution in [0.3, 0.4) is 0 Å². The van der Waals surface area contributed by atoms with Crippen molar-refractivity contribution < 1.29 is 27.8 Å². The van der Waals surface area contributed by atoms with Gasteiger partial charge in [0.05, 0.1) is 29.0 Å². The van der Waals surface area contributed by atoms with E-state index in [0.717, 1.165) is 6.04 Å². The Labute approximate surface area is 246 Å². The van der Waals surface area contributed by atoms with Gasteiger partial charge in [0.25, 0.3) is 0 Å². The summed E-state index contributed by atoms with van der Waals surface area (Å²) >= 11 is 0. The van der Waals surface area contributed by atoms with Crippen LogP contribution in [0.4, 0.5) is 4.39 Å². The molecule has 0 atom stereocenters. The summed E-state index contributed by atoms with van der Waals surface area (Å²) < 4.78 is 51.4. The van der Waals surface area contributed by atoms with E-state index in [2.05, 4.69) is 24.6 Å². The molecule has 0 spiro atoms. The molecule has 0 bridgehead atoms. The molecule has 0 aliphatic carbocycles. The molecule has 0 fully saturated rings. The quantitative estimate of drug-likeness (QED) is 0.0949. The van der Waals surface area contributed by atoms with Crippen molar-refractivity contribution in [1.29, 1.82) is 0 Å². The molecular formula is C31H34FN3O5SSi. The average molecular weight is 608 g/mol. The van der Waals surface area contributed by atoms with Crippen LogP contribution in [0.15, 0.2) is 90.1 Å². The van der Waals surface area contributed by atoms with Gasteiger partial charge in [-0.2, -0.15) is 0 Å². The monoisotopic (exact) mass is 607 g/mol. The van der Waals surface area contributed by atoms with E-state index in [-0.39, 0.29) is 12.3 Å². The van der Waals surface area contributed by atoms with Crippen molar-refractivity contribution in [2.75, 3.05) is 13.7 Å². The number of hydrogen-bond acceptors (Lipinski definition) is 6. The van der Waals surface area contributed by atoms with Gasteiger partial charge in [-0.15, -0.1) is 0 Å². The zero-order valence-corrected chi connectivity index (χ0v) is 25.8. The van der Waals surface area contributed by atoms with E-state index < -0.39 is 30.6 Å². The van der Waals surface area contributed by atoms with Crippen LogP contribution >= 0.6 is 10.8 Å². The number of hydrogen-bond donors (Lipinski definition) is 2. The summed E-state index contributed by atoms with van der Waals surface area (Å²) in [7, 11) is -3.49. The molecule has 0 aliphatic rings. The standard InChI is InChI=1S/C31H34FN3O5SSi/c1-39-31(36)27-20-28(34(21-40-17-18-42(2,3)4)29(27)22-9-8-10-23(32)19-22)25-13-15-33-30-26(25)14-16-35(30)41(37,38)24-11-6-5-7-12-24/h5-16,19-20,37-38H,17-18,21H2,1-4H3. The van der Waals surface area contributed by atoms with Crippen LogP contribution in [-0.4, -0.2) is 50.4 Å². The maximum atomic E-state index is 14.4. The van der Waals surface area contributed by atoms with Gasteiger partial charge >= 0.3 is 5.97 Å². The second-order valence-corrected chi connectivity index (χ2v) is 18.7. The van der Waals surface area contributed by atoms with Gasteiger partial charge in [0.1, 0.15) is 12.5 Å². The Morgan fingerprint density at radius 3 is 2.48 bits per heavy atom. The minimum absolute atomic E-state index is 0.104. The van der Waals surface area contributed by atoms with Crippen LogP contribution in [0.1, 0.15) is 10.4 Å². The minimum Gasteiger partial charge on any atom is -0.465 e. The van der Waals surface area contributed by atoms with Crippen molar-refractivity contribution in [1.82, 2.24) is 13.5 Å². The van der Waals surface area contributed by atoms with Crippen molar-refractivity contribution >= 4 is 35.9 Å². The van der Waals surface area contributed by atoms with E-state index >= 15 is 0 Å². The molecule has 5 rings (SSSR count). The molecule has 42 heavy (non-hydrogen) atoms. The molecule has 0 amide bonds. The van der Waals surface area contributed by atoms with Crippen LogP contribution in [0.5, 0.6) is 0 Å². The molecule has 2 N–H and O–H groups in total. The number of rotatable bonds is 10. The first-order valence-corrected chi connectivity index (χ1v) is 18.7. The van der Waals surface area contributed by atoms with Gasteiger partial charge < -0.3 is 14.0 Å². The smallest absolute Gasteiger partial charge is 0.340 e. The summed E-state index contributed by atoms with van der Waals surface area (Å²) in [5.41, 5.74) is 2.87. The van der Waals surface area contributed by atoms with Crippen molar-refractivity contribution in [2.45, 2.75) is 37.3 Å². The fraction of sp³-hybridized carbons (Fsp3) is 0.226. The number of carbonyl (C=O) groups excluding carboxylic acids is 1. The van der Waals surface area contributed by atoms with Gasteiger partial charge in [-0.05, 0) is 48.5 Å². The number of methoxy groups -OCH3 is 1. The summed E-state index contributed by atoms with van der Waals surface area (Å²) in [6.07, 6.45) is 3.17. The summed E-state index contributed by atoms with van der Waals surface area (Å²) in [6.45, 7) is 7.44. The van der Waals surface area contributed by atoms with Gasteiger partial charge in [-0.1, -0.05) is 60.7 Å². The predicted molar refractivity (Wildman–Crippen MR) is 167 cm³/mol. The van der Waals surface area contributed by atoms with E-state index in [9.17, 15) is 18.3 Å². The summed E-state index contributed by atoms with van der Waals surface area (Å²) in [4.78, 5) is 17.9. The lowest BCUT2D eigenvalue weighted by molar-refractivity contribution is 0.0600. The molecule has 0 saturated carbocycles. The molecule has 3 aromatic heterocycles. The number of pyridine rings is 1. The van der Waals surface area contributed by atoms with Gasteiger partial charge in [0.15, 0.2) is 5.65 Å². The third-order valence-electron chi connectivity index (χ3n) is 6.98. The largest absolute Gasteiger partial charge is 0.465 e. The van der Waals surface area contributed by atoms with Crippen LogP contribution < -0.4 is 0 Å². The topological polar surface area (TPSA) is 98.7 Å². The molecular weight excluding hydrogens is 574 g/mol. The molecule has 220 valence electrons. The molecule has 2 aromatic carbocycles. The van der Waals surface area contributed by atoms with E-state index in [1.807, 2.05) is 4.57 Å². The third-order valence-corrected chi connectivity index (χ3v) is 10.4.